The van der Waals surface area contributed by atoms with Crippen LogP contribution in [0.4, 0.5) is 11.5 Å². The Bertz CT molecular complexity index is 1000. The SMILES string of the molecule is CN1CCN(c2ccc(NC(=O)COc3ccc(Cl)c4cccnc34)cn2)CC1. The number of carbonyl (C=O) groups excluding carboxylic acids is 1. The largest absolute Gasteiger partial charge is 0.481 e. The Morgan fingerprint density at radius 3 is 2.72 bits per heavy atom. The predicted octanol–water partition coefficient (Wildman–Crippen LogP) is 3.05. The molecule has 1 N–H and O–H groups in total. The van der Waals surface area contributed by atoms with Gasteiger partial charge in [0.2, 0.25) is 0 Å². The van der Waals surface area contributed by atoms with Crippen LogP contribution in [0, 0.1) is 0 Å². The lowest BCUT2D eigenvalue weighted by molar-refractivity contribution is -0.118. The maximum absolute atomic E-state index is 12.3. The van der Waals surface area contributed by atoms with Gasteiger partial charge in [0.1, 0.15) is 17.1 Å². The number of piperazine rings is 1. The molecule has 0 radical (unpaired) electrons. The van der Waals surface area contributed by atoms with Crippen molar-refractivity contribution in [1.29, 1.82) is 0 Å². The van der Waals surface area contributed by atoms with Crippen molar-refractivity contribution in [2.75, 3.05) is 50.1 Å². The van der Waals surface area contributed by atoms with Crippen LogP contribution in [0.15, 0.2) is 48.8 Å². The third kappa shape index (κ3) is 4.58. The van der Waals surface area contributed by atoms with Crippen molar-refractivity contribution >= 4 is 39.9 Å². The number of hydrogen-bond donors (Lipinski definition) is 1. The van der Waals surface area contributed by atoms with E-state index in [-0.39, 0.29) is 12.5 Å². The molecule has 8 heteroatoms. The van der Waals surface area contributed by atoms with E-state index in [1.807, 2.05) is 24.3 Å². The van der Waals surface area contributed by atoms with E-state index in [1.165, 1.54) is 0 Å². The molecule has 0 aliphatic carbocycles. The summed E-state index contributed by atoms with van der Waals surface area (Å²) < 4.78 is 5.67. The molecular weight excluding hydrogens is 390 g/mol. The molecule has 150 valence electrons. The van der Waals surface area contributed by atoms with Crippen LogP contribution in [-0.4, -0.2) is 60.6 Å². The summed E-state index contributed by atoms with van der Waals surface area (Å²) in [6, 6.07) is 10.9. The van der Waals surface area contributed by atoms with Gasteiger partial charge in [-0.2, -0.15) is 0 Å². The third-order valence-corrected chi connectivity index (χ3v) is 5.23. The Labute approximate surface area is 174 Å². The number of nitrogens with zero attached hydrogens (tertiary/aromatic N) is 4. The van der Waals surface area contributed by atoms with Crippen LogP contribution >= 0.6 is 11.6 Å². The van der Waals surface area contributed by atoms with Crippen molar-refractivity contribution in [2.24, 2.45) is 0 Å². The highest BCUT2D eigenvalue weighted by atomic mass is 35.5. The summed E-state index contributed by atoms with van der Waals surface area (Å²) in [7, 11) is 2.12. The maximum Gasteiger partial charge on any atom is 0.262 e. The van der Waals surface area contributed by atoms with E-state index in [9.17, 15) is 4.79 Å². The number of anilines is 2. The summed E-state index contributed by atoms with van der Waals surface area (Å²) in [5, 5.41) is 4.19. The quantitative estimate of drug-likeness (QED) is 0.695. The Balaban J connectivity index is 1.35. The molecule has 1 aliphatic rings. The fourth-order valence-electron chi connectivity index (χ4n) is 3.25. The van der Waals surface area contributed by atoms with E-state index in [0.717, 1.165) is 37.4 Å². The summed E-state index contributed by atoms with van der Waals surface area (Å²) >= 11 is 6.19. The molecule has 0 saturated carbocycles. The number of nitrogens with one attached hydrogen (secondary N) is 1. The topological polar surface area (TPSA) is 70.6 Å². The van der Waals surface area contributed by atoms with Crippen LogP contribution in [0.5, 0.6) is 5.75 Å². The van der Waals surface area contributed by atoms with Crippen molar-refractivity contribution in [3.05, 3.63) is 53.8 Å². The van der Waals surface area contributed by atoms with Crippen molar-refractivity contribution in [3.8, 4) is 5.75 Å². The lowest BCUT2D eigenvalue weighted by atomic mass is 10.2. The number of pyridine rings is 2. The molecule has 1 saturated heterocycles. The van der Waals surface area contributed by atoms with Gasteiger partial charge in [-0.1, -0.05) is 11.6 Å². The minimum Gasteiger partial charge on any atom is -0.481 e. The summed E-state index contributed by atoms with van der Waals surface area (Å²) in [4.78, 5) is 25.6. The molecule has 0 bridgehead atoms. The van der Waals surface area contributed by atoms with Gasteiger partial charge in [0.05, 0.1) is 16.9 Å². The highest BCUT2D eigenvalue weighted by molar-refractivity contribution is 6.35. The predicted molar refractivity (Wildman–Crippen MR) is 115 cm³/mol. The van der Waals surface area contributed by atoms with Gasteiger partial charge >= 0.3 is 0 Å². The minimum absolute atomic E-state index is 0.131. The van der Waals surface area contributed by atoms with Crippen LogP contribution in [0.1, 0.15) is 0 Å². The molecule has 3 heterocycles. The first kappa shape index (κ1) is 19.4. The number of ether oxygens (including phenoxy) is 1. The number of hydrogen-bond acceptors (Lipinski definition) is 6. The number of amides is 1. The van der Waals surface area contributed by atoms with Crippen LogP contribution in [0.3, 0.4) is 0 Å². The second kappa shape index (κ2) is 8.63. The summed E-state index contributed by atoms with van der Waals surface area (Å²) in [5.74, 6) is 1.17. The lowest BCUT2D eigenvalue weighted by Gasteiger charge is -2.33. The second-order valence-electron chi connectivity index (χ2n) is 6.98. The van der Waals surface area contributed by atoms with E-state index in [2.05, 4.69) is 32.1 Å². The Morgan fingerprint density at radius 1 is 1.14 bits per heavy atom. The van der Waals surface area contributed by atoms with Crippen molar-refractivity contribution in [3.63, 3.8) is 0 Å². The molecule has 1 aromatic carbocycles. The zero-order chi connectivity index (χ0) is 20.2. The van der Waals surface area contributed by atoms with Crippen molar-refractivity contribution < 1.29 is 9.53 Å². The van der Waals surface area contributed by atoms with Gasteiger partial charge in [-0.25, -0.2) is 4.98 Å². The highest BCUT2D eigenvalue weighted by Gasteiger charge is 2.15. The average Bonchev–Trinajstić information content (AvgIpc) is 2.75. The van der Waals surface area contributed by atoms with Gasteiger partial charge in [-0.3, -0.25) is 9.78 Å². The molecule has 1 fully saturated rings. The molecule has 29 heavy (non-hydrogen) atoms. The maximum atomic E-state index is 12.3. The molecule has 0 unspecified atom stereocenters. The second-order valence-corrected chi connectivity index (χ2v) is 7.38. The molecule has 1 aliphatic heterocycles. The van der Waals surface area contributed by atoms with E-state index < -0.39 is 0 Å². The zero-order valence-corrected chi connectivity index (χ0v) is 16.9. The Kier molecular flexibility index (Phi) is 5.78. The van der Waals surface area contributed by atoms with Gasteiger partial charge in [0, 0.05) is 37.8 Å². The monoisotopic (exact) mass is 411 g/mol. The number of likely N-dealkylation sites (N-methyl/N-ethyl adjacent to an activating group) is 1. The number of aromatic nitrogens is 2. The van der Waals surface area contributed by atoms with Crippen LogP contribution < -0.4 is 15.0 Å². The van der Waals surface area contributed by atoms with Gasteiger partial charge in [0.15, 0.2) is 6.61 Å². The standard InChI is InChI=1S/C21H22ClN5O2/c1-26-9-11-27(12-10-26)19-7-4-15(13-24-19)25-20(28)14-29-18-6-5-17(22)16-3-2-8-23-21(16)18/h2-8,13H,9-12,14H2,1H3,(H,25,28). The molecule has 3 aromatic rings. The average molecular weight is 412 g/mol. The summed E-state index contributed by atoms with van der Waals surface area (Å²) in [5.41, 5.74) is 1.27. The normalized spacial score (nSPS) is 14.8. The number of fused-ring (bicyclic) bond motifs is 1. The smallest absolute Gasteiger partial charge is 0.262 e. The van der Waals surface area contributed by atoms with Gasteiger partial charge in [-0.15, -0.1) is 0 Å². The first-order chi connectivity index (χ1) is 14.1. The van der Waals surface area contributed by atoms with Gasteiger partial charge in [-0.05, 0) is 43.4 Å². The molecule has 1 amide bonds. The fraction of sp³-hybridized carbons (Fsp3) is 0.286. The van der Waals surface area contributed by atoms with Crippen LogP contribution in [0.25, 0.3) is 10.9 Å². The van der Waals surface area contributed by atoms with E-state index in [0.29, 0.717) is 22.0 Å². The fourth-order valence-corrected chi connectivity index (χ4v) is 3.47. The Hall–Kier alpha value is -2.90. The molecule has 0 atom stereocenters. The molecule has 2 aromatic heterocycles. The number of halogens is 1. The lowest BCUT2D eigenvalue weighted by Crippen LogP contribution is -2.44. The first-order valence-electron chi connectivity index (χ1n) is 9.45. The molecule has 4 rings (SSSR count). The highest BCUT2D eigenvalue weighted by Crippen LogP contribution is 2.29. The Morgan fingerprint density at radius 2 is 1.97 bits per heavy atom. The number of carbonyl (C=O) groups is 1. The van der Waals surface area contributed by atoms with Gasteiger partial charge in [0.25, 0.3) is 5.91 Å². The van der Waals surface area contributed by atoms with Crippen LogP contribution in [-0.2, 0) is 4.79 Å². The first-order valence-corrected chi connectivity index (χ1v) is 9.83. The van der Waals surface area contributed by atoms with Crippen molar-refractivity contribution in [1.82, 2.24) is 14.9 Å². The number of rotatable bonds is 5. The molecular formula is C21H22ClN5O2. The number of benzene rings is 1. The molecule has 7 nitrogen and oxygen atoms in total. The molecule has 0 spiro atoms. The minimum atomic E-state index is -0.266. The third-order valence-electron chi connectivity index (χ3n) is 4.90. The van der Waals surface area contributed by atoms with E-state index >= 15 is 0 Å². The van der Waals surface area contributed by atoms with E-state index in [1.54, 1.807) is 24.5 Å². The van der Waals surface area contributed by atoms with E-state index in [4.69, 9.17) is 16.3 Å². The summed E-state index contributed by atoms with van der Waals surface area (Å²) in [6.45, 7) is 3.81. The summed E-state index contributed by atoms with van der Waals surface area (Å²) in [6.07, 6.45) is 3.34. The van der Waals surface area contributed by atoms with Crippen molar-refractivity contribution in [2.45, 2.75) is 0 Å². The zero-order valence-electron chi connectivity index (χ0n) is 16.1. The van der Waals surface area contributed by atoms with Gasteiger partial charge < -0.3 is 19.9 Å². The van der Waals surface area contributed by atoms with Crippen LogP contribution in [0.2, 0.25) is 5.02 Å².